The first kappa shape index (κ1) is 16.9. The molecule has 1 aromatic heterocycles. The molecule has 0 unspecified atom stereocenters. The van der Waals surface area contributed by atoms with Gasteiger partial charge in [-0.25, -0.2) is 13.2 Å². The summed E-state index contributed by atoms with van der Waals surface area (Å²) in [5.74, 6) is -1.94. The number of hydrogen-bond acceptors (Lipinski definition) is 1. The predicted octanol–water partition coefficient (Wildman–Crippen LogP) is 4.90. The van der Waals surface area contributed by atoms with Crippen molar-refractivity contribution in [3.63, 3.8) is 0 Å². The van der Waals surface area contributed by atoms with Crippen LogP contribution >= 0.6 is 0 Å². The molecule has 5 heteroatoms. The van der Waals surface area contributed by atoms with Crippen molar-refractivity contribution in [2.24, 2.45) is 0 Å². The van der Waals surface area contributed by atoms with E-state index in [0.717, 1.165) is 36.8 Å². The highest BCUT2D eigenvalue weighted by Crippen LogP contribution is 2.34. The molecule has 4 rings (SSSR count). The molecular weight excluding hydrogens is 337 g/mol. The molecule has 0 bridgehead atoms. The summed E-state index contributed by atoms with van der Waals surface area (Å²) >= 11 is 0. The maximum Gasteiger partial charge on any atom is 0.163 e. The molecular formula is C21H19F3N2. The van der Waals surface area contributed by atoms with Crippen molar-refractivity contribution < 1.29 is 13.2 Å². The summed E-state index contributed by atoms with van der Waals surface area (Å²) in [7, 11) is 0. The Kier molecular flexibility index (Phi) is 4.55. The third kappa shape index (κ3) is 3.15. The molecule has 0 saturated carbocycles. The summed E-state index contributed by atoms with van der Waals surface area (Å²) in [6.07, 6.45) is 2.87. The minimum Gasteiger partial charge on any atom is -0.350 e. The van der Waals surface area contributed by atoms with E-state index in [-0.39, 0.29) is 5.82 Å². The molecule has 0 fully saturated rings. The molecule has 3 aromatic rings. The Bertz CT molecular complexity index is 902. The Morgan fingerprint density at radius 3 is 2.50 bits per heavy atom. The van der Waals surface area contributed by atoms with E-state index in [0.29, 0.717) is 12.1 Å². The van der Waals surface area contributed by atoms with Crippen LogP contribution in [0.4, 0.5) is 13.2 Å². The van der Waals surface area contributed by atoms with Crippen LogP contribution in [-0.4, -0.2) is 16.0 Å². The fourth-order valence-corrected chi connectivity index (χ4v) is 3.72. The Balaban J connectivity index is 1.78. The minimum atomic E-state index is -0.841. The first-order valence-corrected chi connectivity index (χ1v) is 8.71. The number of aromatic nitrogens is 1. The lowest BCUT2D eigenvalue weighted by Gasteiger charge is -2.31. The molecule has 1 aliphatic heterocycles. The Morgan fingerprint density at radius 2 is 1.69 bits per heavy atom. The maximum atomic E-state index is 14.6. The number of halogens is 3. The van der Waals surface area contributed by atoms with Gasteiger partial charge in [0.2, 0.25) is 0 Å². The van der Waals surface area contributed by atoms with Crippen LogP contribution in [0.1, 0.15) is 29.3 Å². The molecule has 2 heterocycles. The van der Waals surface area contributed by atoms with Gasteiger partial charge in [0.15, 0.2) is 11.6 Å². The van der Waals surface area contributed by atoms with E-state index in [9.17, 15) is 13.2 Å². The van der Waals surface area contributed by atoms with Crippen molar-refractivity contribution in [1.82, 2.24) is 9.47 Å². The smallest absolute Gasteiger partial charge is 0.163 e. The van der Waals surface area contributed by atoms with Crippen LogP contribution in [0.2, 0.25) is 0 Å². The number of benzene rings is 2. The molecule has 0 aliphatic carbocycles. The first-order valence-electron chi connectivity index (χ1n) is 8.71. The zero-order valence-corrected chi connectivity index (χ0v) is 14.2. The topological polar surface area (TPSA) is 8.17 Å². The van der Waals surface area contributed by atoms with E-state index in [1.54, 1.807) is 24.3 Å². The fraction of sp³-hybridized carbons (Fsp3) is 0.238. The number of fused-ring (bicyclic) bond motifs is 1. The van der Waals surface area contributed by atoms with Gasteiger partial charge in [-0.15, -0.1) is 0 Å². The zero-order valence-electron chi connectivity index (χ0n) is 14.2. The van der Waals surface area contributed by atoms with Gasteiger partial charge in [0.1, 0.15) is 5.82 Å². The van der Waals surface area contributed by atoms with Gasteiger partial charge < -0.3 is 4.57 Å². The Morgan fingerprint density at radius 1 is 0.885 bits per heavy atom. The van der Waals surface area contributed by atoms with Crippen LogP contribution in [0.15, 0.2) is 60.8 Å². The van der Waals surface area contributed by atoms with Crippen molar-refractivity contribution in [1.29, 1.82) is 0 Å². The van der Waals surface area contributed by atoms with Gasteiger partial charge in [-0.2, -0.15) is 0 Å². The summed E-state index contributed by atoms with van der Waals surface area (Å²) in [4.78, 5) is 2.13. The van der Waals surface area contributed by atoms with Crippen LogP contribution in [0, 0.1) is 17.5 Å². The lowest BCUT2D eigenvalue weighted by molar-refractivity contribution is 0.215. The molecule has 0 amide bonds. The van der Waals surface area contributed by atoms with E-state index in [1.807, 2.05) is 18.3 Å². The highest BCUT2D eigenvalue weighted by Gasteiger charge is 2.30. The normalized spacial score (nSPS) is 17.7. The molecule has 2 aromatic carbocycles. The van der Waals surface area contributed by atoms with Crippen molar-refractivity contribution in [3.05, 3.63) is 95.1 Å². The Labute approximate surface area is 150 Å². The Hall–Kier alpha value is -2.53. The van der Waals surface area contributed by atoms with E-state index < -0.39 is 17.7 Å². The van der Waals surface area contributed by atoms with Crippen molar-refractivity contribution >= 4 is 0 Å². The summed E-state index contributed by atoms with van der Waals surface area (Å²) in [5, 5.41) is 0. The maximum absolute atomic E-state index is 14.6. The van der Waals surface area contributed by atoms with Gasteiger partial charge in [0.25, 0.3) is 0 Å². The van der Waals surface area contributed by atoms with Crippen LogP contribution in [-0.2, 0) is 13.1 Å². The quantitative estimate of drug-likeness (QED) is 0.648. The molecule has 0 N–H and O–H groups in total. The van der Waals surface area contributed by atoms with Gasteiger partial charge in [0.05, 0.1) is 6.04 Å². The van der Waals surface area contributed by atoms with Gasteiger partial charge in [-0.05, 0) is 42.3 Å². The van der Waals surface area contributed by atoms with E-state index in [1.165, 1.54) is 12.1 Å². The third-order valence-corrected chi connectivity index (χ3v) is 4.93. The molecule has 0 radical (unpaired) electrons. The SMILES string of the molecule is Fc1ccc(CN2CCCn3cccc3[C@@H]2c2cccc(F)c2F)cc1. The second-order valence-corrected chi connectivity index (χ2v) is 6.62. The summed E-state index contributed by atoms with van der Waals surface area (Å²) < 4.78 is 43.8. The van der Waals surface area contributed by atoms with Crippen molar-refractivity contribution in [2.75, 3.05) is 6.54 Å². The van der Waals surface area contributed by atoms with E-state index >= 15 is 0 Å². The molecule has 1 aliphatic rings. The highest BCUT2D eigenvalue weighted by molar-refractivity contribution is 5.32. The summed E-state index contributed by atoms with van der Waals surface area (Å²) in [5.41, 5.74) is 2.20. The minimum absolute atomic E-state index is 0.286. The van der Waals surface area contributed by atoms with Crippen LogP contribution in [0.5, 0.6) is 0 Å². The molecule has 134 valence electrons. The second-order valence-electron chi connectivity index (χ2n) is 6.62. The predicted molar refractivity (Wildman–Crippen MR) is 94.1 cm³/mol. The second kappa shape index (κ2) is 7.00. The van der Waals surface area contributed by atoms with E-state index in [4.69, 9.17) is 0 Å². The summed E-state index contributed by atoms with van der Waals surface area (Å²) in [6.45, 7) is 2.10. The average Bonchev–Trinajstić information content (AvgIpc) is 3.02. The van der Waals surface area contributed by atoms with Crippen LogP contribution < -0.4 is 0 Å². The number of aryl methyl sites for hydroxylation is 1. The zero-order chi connectivity index (χ0) is 18.1. The number of nitrogens with zero attached hydrogens (tertiary/aromatic N) is 2. The molecule has 26 heavy (non-hydrogen) atoms. The highest BCUT2D eigenvalue weighted by atomic mass is 19.2. The largest absolute Gasteiger partial charge is 0.350 e. The monoisotopic (exact) mass is 356 g/mol. The van der Waals surface area contributed by atoms with Gasteiger partial charge >= 0.3 is 0 Å². The van der Waals surface area contributed by atoms with Gasteiger partial charge in [0, 0.05) is 37.1 Å². The van der Waals surface area contributed by atoms with Gasteiger partial charge in [-0.1, -0.05) is 24.3 Å². The van der Waals surface area contributed by atoms with Crippen molar-refractivity contribution in [2.45, 2.75) is 25.6 Å². The third-order valence-electron chi connectivity index (χ3n) is 4.93. The van der Waals surface area contributed by atoms with Crippen LogP contribution in [0.25, 0.3) is 0 Å². The number of rotatable bonds is 3. The lowest BCUT2D eigenvalue weighted by Crippen LogP contribution is -2.30. The fourth-order valence-electron chi connectivity index (χ4n) is 3.72. The van der Waals surface area contributed by atoms with Crippen molar-refractivity contribution in [3.8, 4) is 0 Å². The molecule has 1 atom stereocenters. The summed E-state index contributed by atoms with van der Waals surface area (Å²) in [6, 6.07) is 14.1. The first-order chi connectivity index (χ1) is 12.6. The standard InChI is InChI=1S/C21H19F3N2/c22-16-9-7-15(8-10-16)14-26-13-3-12-25-11-2-6-19(25)21(26)17-4-1-5-18(23)20(17)24/h1-2,4-11,21H,3,12-14H2/t21-/m0/s1. The van der Waals surface area contributed by atoms with Crippen LogP contribution in [0.3, 0.4) is 0 Å². The molecule has 2 nitrogen and oxygen atoms in total. The molecule has 0 spiro atoms. The van der Waals surface area contributed by atoms with Gasteiger partial charge in [-0.3, -0.25) is 4.90 Å². The number of hydrogen-bond donors (Lipinski definition) is 0. The molecule has 0 saturated heterocycles. The average molecular weight is 356 g/mol. The lowest BCUT2D eigenvalue weighted by atomic mass is 10.00. The van der Waals surface area contributed by atoms with E-state index in [2.05, 4.69) is 9.47 Å².